The minimum absolute atomic E-state index is 0.0975. The molecule has 1 spiro atoms. The zero-order chi connectivity index (χ0) is 33.2. The van der Waals surface area contributed by atoms with Gasteiger partial charge in [-0.3, -0.25) is 14.4 Å². The fraction of sp³-hybridized carbons (Fsp3) is 0.457. The van der Waals surface area contributed by atoms with Crippen LogP contribution in [0.5, 0.6) is 11.5 Å². The number of carbonyl (C=O) groups is 3. The van der Waals surface area contributed by atoms with Gasteiger partial charge < -0.3 is 29.3 Å². The Morgan fingerprint density at radius 1 is 1.04 bits per heavy atom. The van der Waals surface area contributed by atoms with Crippen molar-refractivity contribution in [3.05, 3.63) is 73.8 Å². The number of thioether (sulfide) groups is 1. The number of nitrogens with zero attached hydrogens (tertiary/aromatic N) is 3. The molecule has 46 heavy (non-hydrogen) atoms. The third-order valence-corrected chi connectivity index (χ3v) is 12.5. The molecule has 3 amide bonds. The monoisotopic (exact) mass is 711 g/mol. The van der Waals surface area contributed by atoms with E-state index in [2.05, 4.69) is 29.1 Å². The van der Waals surface area contributed by atoms with Gasteiger partial charge in [-0.25, -0.2) is 0 Å². The van der Waals surface area contributed by atoms with E-state index in [0.717, 1.165) is 0 Å². The number of aliphatic hydroxyl groups is 1. The van der Waals surface area contributed by atoms with E-state index in [1.165, 1.54) is 0 Å². The molecule has 0 saturated carbocycles. The van der Waals surface area contributed by atoms with Crippen LogP contribution >= 0.6 is 27.7 Å². The summed E-state index contributed by atoms with van der Waals surface area (Å²) in [5.41, 5.74) is 1.32. The van der Waals surface area contributed by atoms with Crippen LogP contribution in [0.15, 0.2) is 73.8 Å². The number of aliphatic hydroxyl groups excluding tert-OH is 1. The van der Waals surface area contributed by atoms with E-state index in [4.69, 9.17) is 9.47 Å². The third-order valence-electron chi connectivity index (χ3n) is 9.32. The van der Waals surface area contributed by atoms with Crippen molar-refractivity contribution in [2.75, 3.05) is 43.2 Å². The van der Waals surface area contributed by atoms with Crippen LogP contribution in [-0.2, 0) is 14.4 Å². The molecular formula is C35H42BrN3O6S. The van der Waals surface area contributed by atoms with Crippen LogP contribution in [0.4, 0.5) is 11.4 Å². The lowest BCUT2D eigenvalue weighted by atomic mass is 9.70. The second kappa shape index (κ2) is 14.2. The first kappa shape index (κ1) is 34.1. The summed E-state index contributed by atoms with van der Waals surface area (Å²) in [6, 6.07) is 13.0. The van der Waals surface area contributed by atoms with Gasteiger partial charge in [0.05, 0.1) is 42.9 Å². The number of hydrogen-bond donors (Lipinski definition) is 1. The highest BCUT2D eigenvalue weighted by Crippen LogP contribution is 2.68. The van der Waals surface area contributed by atoms with E-state index in [9.17, 15) is 19.5 Å². The van der Waals surface area contributed by atoms with Gasteiger partial charge in [0.1, 0.15) is 17.5 Å². The van der Waals surface area contributed by atoms with Gasteiger partial charge in [-0.15, -0.1) is 24.9 Å². The molecule has 3 heterocycles. The molecule has 3 fully saturated rings. The Labute approximate surface area is 283 Å². The average molecular weight is 713 g/mol. The van der Waals surface area contributed by atoms with Crippen molar-refractivity contribution < 1.29 is 29.0 Å². The van der Waals surface area contributed by atoms with E-state index in [0.29, 0.717) is 42.3 Å². The lowest BCUT2D eigenvalue weighted by Crippen LogP contribution is -2.58. The largest absolute Gasteiger partial charge is 0.497 e. The second-order valence-corrected chi connectivity index (χ2v) is 14.5. The Hall–Kier alpha value is -3.28. The van der Waals surface area contributed by atoms with Crippen molar-refractivity contribution in [1.29, 1.82) is 0 Å². The summed E-state index contributed by atoms with van der Waals surface area (Å²) in [5.74, 6) is -0.779. The smallest absolute Gasteiger partial charge is 0.251 e. The number of hydrogen-bond acceptors (Lipinski definition) is 7. The standard InChI is InChI=1S/C35H42BrN3O6S/c1-6-18-37(23-12-16-26(17-13-23)45-9-4)32(41)28-29-33(42)39(22(8-3)21-40)31(35(29)20-27(36)30(28)46-35)34(43)38(19-7-2)24-10-14-25(44-5)15-11-24/h6-7,10-17,22,27-31,40H,1-2,8-9,18-21H2,3-5H3/t22-,27?,28+,29-,30+,31?,35?/m0/s1. The molecule has 1 N–H and O–H groups in total. The number of ether oxygens (including phenoxy) is 2. The van der Waals surface area contributed by atoms with Gasteiger partial charge in [-0.1, -0.05) is 35.0 Å². The molecule has 3 saturated heterocycles. The maximum atomic E-state index is 14.9. The van der Waals surface area contributed by atoms with Crippen LogP contribution in [0.2, 0.25) is 0 Å². The number of rotatable bonds is 14. The predicted molar refractivity (Wildman–Crippen MR) is 186 cm³/mol. The highest BCUT2D eigenvalue weighted by Gasteiger charge is 2.76. The summed E-state index contributed by atoms with van der Waals surface area (Å²) in [5, 5.41) is 10.3. The Morgan fingerprint density at radius 3 is 2.11 bits per heavy atom. The van der Waals surface area contributed by atoms with Crippen molar-refractivity contribution in [3.8, 4) is 11.5 Å². The minimum Gasteiger partial charge on any atom is -0.497 e. The van der Waals surface area contributed by atoms with Gasteiger partial charge in [0.2, 0.25) is 11.8 Å². The van der Waals surface area contributed by atoms with E-state index in [-0.39, 0.29) is 47.5 Å². The molecule has 3 aliphatic rings. The molecule has 0 aliphatic carbocycles. The normalized spacial score (nSPS) is 26.8. The number of likely N-dealkylation sites (tertiary alicyclic amines) is 1. The summed E-state index contributed by atoms with van der Waals surface area (Å²) in [7, 11) is 1.58. The number of fused-ring (bicyclic) bond motifs is 1. The molecule has 0 radical (unpaired) electrons. The van der Waals surface area contributed by atoms with Gasteiger partial charge >= 0.3 is 0 Å². The summed E-state index contributed by atoms with van der Waals surface area (Å²) in [6.07, 6.45) is 4.32. The number of benzene rings is 2. The van der Waals surface area contributed by atoms with E-state index in [1.807, 2.05) is 50.2 Å². The molecule has 3 aliphatic heterocycles. The molecular weight excluding hydrogens is 670 g/mol. The fourth-order valence-corrected chi connectivity index (χ4v) is 10.9. The van der Waals surface area contributed by atoms with Crippen molar-refractivity contribution in [2.24, 2.45) is 11.8 Å². The molecule has 246 valence electrons. The summed E-state index contributed by atoms with van der Waals surface area (Å²) >= 11 is 5.44. The Kier molecular flexibility index (Phi) is 10.5. The zero-order valence-corrected chi connectivity index (χ0v) is 28.9. The summed E-state index contributed by atoms with van der Waals surface area (Å²) in [6.45, 7) is 12.3. The SMILES string of the molecule is C=CCN(C(=O)C1N([C@@H](CC)CO)C(=O)[C@@H]2[C@@H](C(=O)N(CC=C)c3ccc(OCC)cc3)[C@@H]3SC12CC3Br)c1ccc(OC)cc1. The van der Waals surface area contributed by atoms with Crippen LogP contribution < -0.4 is 19.3 Å². The molecule has 5 rings (SSSR count). The molecule has 11 heteroatoms. The number of methoxy groups -OCH3 is 1. The lowest BCUT2D eigenvalue weighted by molar-refractivity contribution is -0.141. The number of carbonyl (C=O) groups excluding carboxylic acids is 3. The lowest BCUT2D eigenvalue weighted by Gasteiger charge is -2.40. The van der Waals surface area contributed by atoms with E-state index < -0.39 is 28.7 Å². The molecule has 0 aromatic heterocycles. The molecule has 2 aromatic rings. The molecule has 2 aromatic carbocycles. The van der Waals surface area contributed by atoms with Gasteiger partial charge in [0.25, 0.3) is 5.91 Å². The Morgan fingerprint density at radius 2 is 1.61 bits per heavy atom. The van der Waals surface area contributed by atoms with Gasteiger partial charge in [-0.2, -0.15) is 0 Å². The van der Waals surface area contributed by atoms with E-state index >= 15 is 0 Å². The Balaban J connectivity index is 1.58. The van der Waals surface area contributed by atoms with Crippen molar-refractivity contribution in [2.45, 2.75) is 53.6 Å². The van der Waals surface area contributed by atoms with Crippen LogP contribution in [-0.4, -0.2) is 88.0 Å². The number of anilines is 2. The number of halogens is 1. The number of amides is 3. The predicted octanol–water partition coefficient (Wildman–Crippen LogP) is 5.07. The molecule has 3 unspecified atom stereocenters. The topological polar surface area (TPSA) is 99.6 Å². The maximum Gasteiger partial charge on any atom is 0.251 e. The van der Waals surface area contributed by atoms with Crippen LogP contribution in [0, 0.1) is 11.8 Å². The maximum absolute atomic E-state index is 14.9. The first-order valence-electron chi connectivity index (χ1n) is 15.7. The molecule has 2 bridgehead atoms. The van der Waals surface area contributed by atoms with Crippen LogP contribution in [0.1, 0.15) is 26.7 Å². The van der Waals surface area contributed by atoms with Crippen LogP contribution in [0.3, 0.4) is 0 Å². The quantitative estimate of drug-likeness (QED) is 0.216. The fourth-order valence-electron chi connectivity index (χ4n) is 7.32. The van der Waals surface area contributed by atoms with Crippen LogP contribution in [0.25, 0.3) is 0 Å². The second-order valence-electron chi connectivity index (χ2n) is 11.8. The molecule has 9 nitrogen and oxygen atoms in total. The van der Waals surface area contributed by atoms with Crippen molar-refractivity contribution >= 4 is 56.8 Å². The highest BCUT2D eigenvalue weighted by molar-refractivity contribution is 9.09. The minimum atomic E-state index is -0.893. The van der Waals surface area contributed by atoms with Crippen molar-refractivity contribution in [1.82, 2.24) is 4.90 Å². The third kappa shape index (κ3) is 5.75. The first-order valence-corrected chi connectivity index (χ1v) is 17.5. The highest BCUT2D eigenvalue weighted by atomic mass is 79.9. The zero-order valence-electron chi connectivity index (χ0n) is 26.5. The molecule has 7 atom stereocenters. The summed E-state index contributed by atoms with van der Waals surface area (Å²) < 4.78 is 10.1. The summed E-state index contributed by atoms with van der Waals surface area (Å²) in [4.78, 5) is 49.0. The number of alkyl halides is 1. The van der Waals surface area contributed by atoms with Gasteiger partial charge in [0.15, 0.2) is 0 Å². The first-order chi connectivity index (χ1) is 22.2. The Bertz CT molecular complexity index is 1450. The van der Waals surface area contributed by atoms with Gasteiger partial charge in [0, 0.05) is 34.5 Å². The van der Waals surface area contributed by atoms with Crippen molar-refractivity contribution in [3.63, 3.8) is 0 Å². The van der Waals surface area contributed by atoms with Gasteiger partial charge in [-0.05, 0) is 68.3 Å². The van der Waals surface area contributed by atoms with E-state index in [1.54, 1.807) is 57.9 Å². The average Bonchev–Trinajstić information content (AvgIpc) is 3.66.